The van der Waals surface area contributed by atoms with Crippen LogP contribution in [0.5, 0.6) is 0 Å². The summed E-state index contributed by atoms with van der Waals surface area (Å²) in [5.74, 6) is 1.46. The molecule has 8 heteroatoms. The molecular weight excluding hydrogens is 733 g/mol. The molecule has 5 heterocycles. The average Bonchev–Trinajstić information content (AvgIpc) is 4.06. The quantitative estimate of drug-likeness (QED) is 0.171. The van der Waals surface area contributed by atoms with Gasteiger partial charge in [-0.05, 0) is 91.0 Å². The van der Waals surface area contributed by atoms with Crippen LogP contribution < -0.4 is 4.90 Å². The van der Waals surface area contributed by atoms with Gasteiger partial charge in [0, 0.05) is 48.8 Å². The van der Waals surface area contributed by atoms with E-state index in [1.807, 2.05) is 115 Å². The van der Waals surface area contributed by atoms with Crippen LogP contribution in [0.15, 0.2) is 188 Å². The Hall–Kier alpha value is -8.23. The van der Waals surface area contributed by atoms with Gasteiger partial charge in [-0.25, -0.2) is 4.98 Å². The molecule has 0 spiro atoms. The van der Waals surface area contributed by atoms with Crippen molar-refractivity contribution in [3.63, 3.8) is 0 Å². The summed E-state index contributed by atoms with van der Waals surface area (Å²) < 4.78 is 25.2. The third-order valence-electron chi connectivity index (χ3n) is 11.3. The fourth-order valence-electron chi connectivity index (χ4n) is 8.61. The summed E-state index contributed by atoms with van der Waals surface area (Å²) in [6, 6.07) is 56.9. The lowest BCUT2D eigenvalue weighted by atomic mass is 10.1. The Balaban J connectivity index is 1.11. The topological polar surface area (TPSA) is 94.5 Å². The zero-order chi connectivity index (χ0) is 38.6. The van der Waals surface area contributed by atoms with E-state index in [-0.39, 0.29) is 0 Å². The van der Waals surface area contributed by atoms with Gasteiger partial charge < -0.3 is 17.7 Å². The first kappa shape index (κ1) is 31.9. The lowest BCUT2D eigenvalue weighted by Gasteiger charge is -2.25. The van der Waals surface area contributed by atoms with Gasteiger partial charge in [0.05, 0.1) is 16.8 Å². The lowest BCUT2D eigenvalue weighted by molar-refractivity contribution is 0.668. The SMILES string of the molecule is c1ccc2c(c1)oc1ccc(-c3nc(-c4ccc5oc6ccccc6c5c4)nc(N(c4ccc5oc6ccccc6c5c4)c4cccc5oc6ccccc6c45)n3)cc12. The van der Waals surface area contributed by atoms with Gasteiger partial charge in [0.25, 0.3) is 0 Å². The van der Waals surface area contributed by atoms with Gasteiger partial charge in [-0.15, -0.1) is 0 Å². The van der Waals surface area contributed by atoms with Gasteiger partial charge in [0.15, 0.2) is 11.6 Å². The van der Waals surface area contributed by atoms with Crippen LogP contribution in [0.4, 0.5) is 17.3 Å². The predicted molar refractivity (Wildman–Crippen MR) is 234 cm³/mol. The maximum Gasteiger partial charge on any atom is 0.238 e. The van der Waals surface area contributed by atoms with Gasteiger partial charge in [-0.1, -0.05) is 78.9 Å². The zero-order valence-electron chi connectivity index (χ0n) is 31.1. The van der Waals surface area contributed by atoms with Gasteiger partial charge in [-0.2, -0.15) is 9.97 Å². The molecule has 8 nitrogen and oxygen atoms in total. The molecule has 13 aromatic rings. The van der Waals surface area contributed by atoms with Gasteiger partial charge in [-0.3, -0.25) is 4.90 Å². The number of aromatic nitrogens is 3. The molecule has 0 saturated heterocycles. The second kappa shape index (κ2) is 12.1. The van der Waals surface area contributed by atoms with Crippen molar-refractivity contribution in [3.8, 4) is 22.8 Å². The normalized spacial score (nSPS) is 12.1. The molecule has 0 aliphatic heterocycles. The Bertz CT molecular complexity index is 3700. The van der Waals surface area contributed by atoms with Crippen molar-refractivity contribution in [2.75, 3.05) is 4.90 Å². The number of rotatable bonds is 5. The number of para-hydroxylation sites is 4. The van der Waals surface area contributed by atoms with Crippen LogP contribution in [-0.4, -0.2) is 15.0 Å². The maximum atomic E-state index is 6.44. The van der Waals surface area contributed by atoms with Crippen molar-refractivity contribution < 1.29 is 17.7 Å². The Kier molecular flexibility index (Phi) is 6.56. The van der Waals surface area contributed by atoms with Crippen molar-refractivity contribution in [2.24, 2.45) is 0 Å². The highest BCUT2D eigenvalue weighted by molar-refractivity contribution is 6.14. The zero-order valence-corrected chi connectivity index (χ0v) is 31.1. The molecule has 0 saturated carbocycles. The maximum absolute atomic E-state index is 6.44. The Labute approximate surface area is 334 Å². The van der Waals surface area contributed by atoms with Crippen LogP contribution in [0, 0.1) is 0 Å². The van der Waals surface area contributed by atoms with Crippen LogP contribution >= 0.6 is 0 Å². The van der Waals surface area contributed by atoms with E-state index in [0.29, 0.717) is 17.6 Å². The summed E-state index contributed by atoms with van der Waals surface area (Å²) in [6.07, 6.45) is 0. The summed E-state index contributed by atoms with van der Waals surface area (Å²) in [6.45, 7) is 0. The molecule has 0 fully saturated rings. The second-order valence-corrected chi connectivity index (χ2v) is 14.8. The molecule has 0 radical (unpaired) electrons. The van der Waals surface area contributed by atoms with Crippen LogP contribution in [0.1, 0.15) is 0 Å². The summed E-state index contributed by atoms with van der Waals surface area (Å²) >= 11 is 0. The minimum Gasteiger partial charge on any atom is -0.456 e. The van der Waals surface area contributed by atoms with E-state index >= 15 is 0 Å². The molecule has 0 unspecified atom stereocenters. The number of benzene rings is 8. The largest absolute Gasteiger partial charge is 0.456 e. The first-order chi connectivity index (χ1) is 29.2. The molecule has 0 bridgehead atoms. The standard InChI is InChI=1S/C51H28N4O4/c1-5-15-40-32(10-1)36-26-29(20-23-44(36)56-40)49-52-50(30-21-24-45-37(27-30)33-11-2-6-16-41(33)57-45)54-51(53-49)55(31-22-25-46-38(28-31)34-12-3-7-17-42(34)58-46)39-14-9-19-47-48(39)35-13-4-8-18-43(35)59-47/h1-28H. The molecule has 0 aliphatic rings. The first-order valence-corrected chi connectivity index (χ1v) is 19.4. The van der Waals surface area contributed by atoms with Crippen LogP contribution in [0.2, 0.25) is 0 Å². The number of furan rings is 4. The fourth-order valence-corrected chi connectivity index (χ4v) is 8.61. The van der Waals surface area contributed by atoms with E-state index in [1.54, 1.807) is 0 Å². The third-order valence-corrected chi connectivity index (χ3v) is 11.3. The molecule has 0 atom stereocenters. The summed E-state index contributed by atoms with van der Waals surface area (Å²) in [5.41, 5.74) is 9.76. The van der Waals surface area contributed by atoms with Crippen LogP contribution in [-0.2, 0) is 0 Å². The van der Waals surface area contributed by atoms with E-state index in [4.69, 9.17) is 32.6 Å². The van der Waals surface area contributed by atoms with Gasteiger partial charge in [0.2, 0.25) is 5.95 Å². The third kappa shape index (κ3) is 4.87. The minimum atomic E-state index is 0.434. The number of fused-ring (bicyclic) bond motifs is 12. The highest BCUT2D eigenvalue weighted by Crippen LogP contribution is 2.44. The second-order valence-electron chi connectivity index (χ2n) is 14.8. The van der Waals surface area contributed by atoms with E-state index < -0.39 is 0 Å². The molecule has 13 rings (SSSR count). The highest BCUT2D eigenvalue weighted by atomic mass is 16.3. The van der Waals surface area contributed by atoms with E-state index in [9.17, 15) is 0 Å². The van der Waals surface area contributed by atoms with Crippen LogP contribution in [0.3, 0.4) is 0 Å². The smallest absolute Gasteiger partial charge is 0.238 e. The highest BCUT2D eigenvalue weighted by Gasteiger charge is 2.25. The van der Waals surface area contributed by atoms with Crippen molar-refractivity contribution in [2.45, 2.75) is 0 Å². The van der Waals surface area contributed by atoms with E-state index in [2.05, 4.69) is 59.5 Å². The van der Waals surface area contributed by atoms with E-state index in [1.165, 1.54) is 0 Å². The van der Waals surface area contributed by atoms with Gasteiger partial charge >= 0.3 is 0 Å². The Morgan fingerprint density at radius 2 is 0.746 bits per heavy atom. The molecule has 0 amide bonds. The summed E-state index contributed by atoms with van der Waals surface area (Å²) in [5, 5.41) is 7.96. The number of anilines is 3. The Morgan fingerprint density at radius 1 is 0.322 bits per heavy atom. The fraction of sp³-hybridized carbons (Fsp3) is 0. The van der Waals surface area contributed by atoms with Crippen LogP contribution in [0.25, 0.3) is 111 Å². The summed E-state index contributed by atoms with van der Waals surface area (Å²) in [7, 11) is 0. The molecule has 59 heavy (non-hydrogen) atoms. The summed E-state index contributed by atoms with van der Waals surface area (Å²) in [4.78, 5) is 18.1. The van der Waals surface area contributed by atoms with Crippen molar-refractivity contribution >= 4 is 105 Å². The van der Waals surface area contributed by atoms with E-state index in [0.717, 1.165) is 110 Å². The predicted octanol–water partition coefficient (Wildman–Crippen LogP) is 14.3. The number of hydrogen-bond acceptors (Lipinski definition) is 8. The molecule has 0 aliphatic carbocycles. The number of nitrogens with zero attached hydrogens (tertiary/aromatic N) is 4. The number of hydrogen-bond donors (Lipinski definition) is 0. The van der Waals surface area contributed by atoms with Crippen molar-refractivity contribution in [1.82, 2.24) is 15.0 Å². The van der Waals surface area contributed by atoms with Crippen molar-refractivity contribution in [3.05, 3.63) is 170 Å². The molecular formula is C51H28N4O4. The minimum absolute atomic E-state index is 0.434. The average molecular weight is 761 g/mol. The molecule has 8 aromatic carbocycles. The molecule has 0 N–H and O–H groups in total. The van der Waals surface area contributed by atoms with Gasteiger partial charge in [0.1, 0.15) is 44.7 Å². The lowest BCUT2D eigenvalue weighted by Crippen LogP contribution is -2.15. The first-order valence-electron chi connectivity index (χ1n) is 19.4. The monoisotopic (exact) mass is 760 g/mol. The van der Waals surface area contributed by atoms with Crippen molar-refractivity contribution in [1.29, 1.82) is 0 Å². The Morgan fingerprint density at radius 3 is 1.31 bits per heavy atom. The molecule has 5 aromatic heterocycles. The molecule has 276 valence electrons.